The first kappa shape index (κ1) is 12.2. The molecule has 0 spiro atoms. The Bertz CT molecular complexity index is 258. The van der Waals surface area contributed by atoms with Crippen LogP contribution in [0.5, 0.6) is 0 Å². The van der Waals surface area contributed by atoms with Crippen LogP contribution >= 0.6 is 11.8 Å². The van der Waals surface area contributed by atoms with Crippen LogP contribution in [0.3, 0.4) is 0 Å². The number of carbonyl (C=O) groups is 1. The first-order valence-corrected chi connectivity index (χ1v) is 7.25. The topological polar surface area (TPSA) is 40.5 Å². The van der Waals surface area contributed by atoms with Crippen LogP contribution in [0.15, 0.2) is 0 Å². The molecule has 0 radical (unpaired) electrons. The fourth-order valence-electron chi connectivity index (χ4n) is 2.73. The minimum atomic E-state index is -0.603. The third-order valence-electron chi connectivity index (χ3n) is 3.65. The van der Waals surface area contributed by atoms with Crippen LogP contribution in [0.1, 0.15) is 38.5 Å². The van der Waals surface area contributed by atoms with Crippen LogP contribution in [0.2, 0.25) is 0 Å². The van der Waals surface area contributed by atoms with E-state index in [0.717, 1.165) is 44.3 Å². The van der Waals surface area contributed by atoms with Crippen LogP contribution in [0.25, 0.3) is 0 Å². The van der Waals surface area contributed by atoms with Gasteiger partial charge in [0.05, 0.1) is 10.9 Å². The van der Waals surface area contributed by atoms with E-state index in [9.17, 15) is 9.90 Å². The zero-order valence-electron chi connectivity index (χ0n) is 9.95. The van der Waals surface area contributed by atoms with Crippen LogP contribution < -0.4 is 0 Å². The van der Waals surface area contributed by atoms with Crippen molar-refractivity contribution in [1.82, 2.24) is 4.90 Å². The van der Waals surface area contributed by atoms with Crippen molar-refractivity contribution in [1.29, 1.82) is 0 Å². The molecule has 1 saturated heterocycles. The average molecular weight is 243 g/mol. The number of carbonyl (C=O) groups excluding carboxylic acids is 1. The van der Waals surface area contributed by atoms with Gasteiger partial charge in [-0.2, -0.15) is 0 Å². The molecule has 1 aliphatic heterocycles. The highest BCUT2D eigenvalue weighted by Crippen LogP contribution is 2.32. The lowest BCUT2D eigenvalue weighted by molar-refractivity contribution is -0.132. The number of thioether (sulfide) groups is 1. The molecule has 2 fully saturated rings. The summed E-state index contributed by atoms with van der Waals surface area (Å²) in [5.41, 5.74) is -0.603. The molecule has 2 rings (SSSR count). The van der Waals surface area contributed by atoms with Gasteiger partial charge in [-0.15, -0.1) is 11.8 Å². The molecule has 1 amide bonds. The van der Waals surface area contributed by atoms with Crippen LogP contribution in [-0.2, 0) is 4.79 Å². The highest BCUT2D eigenvalue weighted by Gasteiger charge is 2.35. The first-order chi connectivity index (χ1) is 7.61. The Kier molecular flexibility index (Phi) is 3.80. The van der Waals surface area contributed by atoms with Crippen molar-refractivity contribution >= 4 is 17.7 Å². The molecule has 0 bridgehead atoms. The molecule has 1 unspecified atom stereocenters. The largest absolute Gasteiger partial charge is 0.388 e. The summed E-state index contributed by atoms with van der Waals surface area (Å²) in [5.74, 6) is 1.32. The van der Waals surface area contributed by atoms with Crippen LogP contribution in [0.4, 0.5) is 0 Å². The minimum absolute atomic E-state index is 0.148. The number of aliphatic hydroxyl groups is 1. The van der Waals surface area contributed by atoms with Crippen molar-refractivity contribution in [2.24, 2.45) is 0 Å². The van der Waals surface area contributed by atoms with Gasteiger partial charge in [0.1, 0.15) is 0 Å². The second-order valence-electron chi connectivity index (χ2n) is 5.13. The molecule has 1 aliphatic carbocycles. The van der Waals surface area contributed by atoms with Crippen molar-refractivity contribution in [3.8, 4) is 0 Å². The van der Waals surface area contributed by atoms with E-state index in [1.165, 1.54) is 0 Å². The number of rotatable bonds is 3. The summed E-state index contributed by atoms with van der Waals surface area (Å²) in [5, 5.41) is 10.4. The second-order valence-corrected chi connectivity index (χ2v) is 6.44. The van der Waals surface area contributed by atoms with Gasteiger partial charge in [-0.05, 0) is 31.4 Å². The maximum absolute atomic E-state index is 12.1. The summed E-state index contributed by atoms with van der Waals surface area (Å²) in [6.07, 6.45) is 6.05. The summed E-state index contributed by atoms with van der Waals surface area (Å²) in [4.78, 5) is 13.8. The van der Waals surface area contributed by atoms with E-state index in [-0.39, 0.29) is 11.2 Å². The van der Waals surface area contributed by atoms with Gasteiger partial charge in [0.2, 0.25) is 5.91 Å². The van der Waals surface area contributed by atoms with Gasteiger partial charge in [-0.3, -0.25) is 4.79 Å². The molecule has 3 nitrogen and oxygen atoms in total. The molecule has 0 aromatic heterocycles. The van der Waals surface area contributed by atoms with E-state index in [1.807, 2.05) is 7.05 Å². The molecule has 16 heavy (non-hydrogen) atoms. The molecule has 92 valence electrons. The minimum Gasteiger partial charge on any atom is -0.388 e. The van der Waals surface area contributed by atoms with Gasteiger partial charge in [-0.25, -0.2) is 0 Å². The Labute approximate surface area is 102 Å². The van der Waals surface area contributed by atoms with Crippen molar-refractivity contribution in [2.45, 2.75) is 49.4 Å². The Morgan fingerprint density at radius 3 is 2.69 bits per heavy atom. The SMILES string of the molecule is CN(CC1(O)CCCC1)C(=O)C1CCCS1. The Hall–Kier alpha value is -0.220. The highest BCUT2D eigenvalue weighted by molar-refractivity contribution is 8.00. The smallest absolute Gasteiger partial charge is 0.235 e. The molecule has 1 atom stereocenters. The van der Waals surface area contributed by atoms with Crippen molar-refractivity contribution in [3.05, 3.63) is 0 Å². The maximum Gasteiger partial charge on any atom is 0.235 e. The van der Waals surface area contributed by atoms with E-state index in [0.29, 0.717) is 6.54 Å². The van der Waals surface area contributed by atoms with Crippen LogP contribution in [0, 0.1) is 0 Å². The lowest BCUT2D eigenvalue weighted by Gasteiger charge is -2.30. The molecule has 1 heterocycles. The fraction of sp³-hybridized carbons (Fsp3) is 0.917. The second kappa shape index (κ2) is 4.96. The van der Waals surface area contributed by atoms with Gasteiger partial charge in [0.15, 0.2) is 0 Å². The summed E-state index contributed by atoms with van der Waals surface area (Å²) < 4.78 is 0. The molecule has 4 heteroatoms. The number of nitrogens with zero attached hydrogens (tertiary/aromatic N) is 1. The Balaban J connectivity index is 1.86. The summed E-state index contributed by atoms with van der Waals surface area (Å²) in [7, 11) is 1.83. The molecular formula is C12H21NO2S. The number of hydrogen-bond donors (Lipinski definition) is 1. The zero-order valence-corrected chi connectivity index (χ0v) is 10.8. The molecule has 0 aromatic carbocycles. The van der Waals surface area contributed by atoms with Gasteiger partial charge >= 0.3 is 0 Å². The quantitative estimate of drug-likeness (QED) is 0.819. The molecular weight excluding hydrogens is 222 g/mol. The molecule has 1 N–H and O–H groups in total. The average Bonchev–Trinajstić information content (AvgIpc) is 2.87. The lowest BCUT2D eigenvalue weighted by atomic mass is 10.0. The molecule has 1 saturated carbocycles. The Morgan fingerprint density at radius 2 is 2.12 bits per heavy atom. The summed E-state index contributed by atoms with van der Waals surface area (Å²) in [6.45, 7) is 0.517. The molecule has 0 aromatic rings. The first-order valence-electron chi connectivity index (χ1n) is 6.20. The van der Waals surface area contributed by atoms with Crippen LogP contribution in [-0.4, -0.2) is 46.1 Å². The van der Waals surface area contributed by atoms with Gasteiger partial charge in [0.25, 0.3) is 0 Å². The van der Waals surface area contributed by atoms with E-state index < -0.39 is 5.60 Å². The van der Waals surface area contributed by atoms with E-state index >= 15 is 0 Å². The van der Waals surface area contributed by atoms with Gasteiger partial charge in [0, 0.05) is 13.6 Å². The Morgan fingerprint density at radius 1 is 1.44 bits per heavy atom. The predicted octanol–water partition coefficient (Wildman–Crippen LogP) is 1.65. The van der Waals surface area contributed by atoms with Crippen molar-refractivity contribution in [3.63, 3.8) is 0 Å². The normalized spacial score (nSPS) is 28.2. The number of amides is 1. The molecule has 2 aliphatic rings. The number of likely N-dealkylation sites (N-methyl/N-ethyl adjacent to an activating group) is 1. The monoisotopic (exact) mass is 243 g/mol. The lowest BCUT2D eigenvalue weighted by Crippen LogP contribution is -2.44. The zero-order chi connectivity index (χ0) is 11.6. The maximum atomic E-state index is 12.1. The van der Waals surface area contributed by atoms with Crippen molar-refractivity contribution in [2.75, 3.05) is 19.3 Å². The van der Waals surface area contributed by atoms with Gasteiger partial charge < -0.3 is 10.0 Å². The van der Waals surface area contributed by atoms with E-state index in [2.05, 4.69) is 0 Å². The summed E-state index contributed by atoms with van der Waals surface area (Å²) in [6, 6.07) is 0. The third kappa shape index (κ3) is 2.72. The fourth-order valence-corrected chi connectivity index (χ4v) is 4.00. The van der Waals surface area contributed by atoms with Gasteiger partial charge in [-0.1, -0.05) is 12.8 Å². The number of hydrogen-bond acceptors (Lipinski definition) is 3. The highest BCUT2D eigenvalue weighted by atomic mass is 32.2. The van der Waals surface area contributed by atoms with E-state index in [1.54, 1.807) is 16.7 Å². The van der Waals surface area contributed by atoms with E-state index in [4.69, 9.17) is 0 Å². The summed E-state index contributed by atoms with van der Waals surface area (Å²) >= 11 is 1.76. The van der Waals surface area contributed by atoms with Crippen molar-refractivity contribution < 1.29 is 9.90 Å². The third-order valence-corrected chi connectivity index (χ3v) is 5.01. The standard InChI is InChI=1S/C12H21NO2S/c1-13(9-12(15)6-2-3-7-12)11(14)10-5-4-8-16-10/h10,15H,2-9H2,1H3. The predicted molar refractivity (Wildman–Crippen MR) is 66.5 cm³/mol.